The van der Waals surface area contributed by atoms with Crippen molar-refractivity contribution in [3.05, 3.63) is 84.1 Å². The van der Waals surface area contributed by atoms with Crippen LogP contribution in [0.4, 0.5) is 15.9 Å². The number of aromatic nitrogens is 2. The second-order valence-corrected chi connectivity index (χ2v) is 5.89. The first-order chi connectivity index (χ1) is 12.6. The van der Waals surface area contributed by atoms with Gasteiger partial charge in [0.15, 0.2) is 0 Å². The van der Waals surface area contributed by atoms with Gasteiger partial charge in [0.1, 0.15) is 11.6 Å². The van der Waals surface area contributed by atoms with Crippen LogP contribution in [0.2, 0.25) is 0 Å². The number of rotatable bonds is 6. The predicted molar refractivity (Wildman–Crippen MR) is 99.8 cm³/mol. The van der Waals surface area contributed by atoms with Crippen molar-refractivity contribution in [2.75, 3.05) is 23.8 Å². The highest BCUT2D eigenvalue weighted by molar-refractivity contribution is 6.04. The molecule has 0 saturated carbocycles. The van der Waals surface area contributed by atoms with Crippen molar-refractivity contribution in [2.24, 2.45) is 0 Å². The number of likely N-dealkylation sites (N-methyl/N-ethyl adjacent to an activating group) is 1. The van der Waals surface area contributed by atoms with E-state index < -0.39 is 5.82 Å². The summed E-state index contributed by atoms with van der Waals surface area (Å²) in [6.45, 7) is 0.756. The summed E-state index contributed by atoms with van der Waals surface area (Å²) in [6, 6.07) is 13.1. The number of anilines is 2. The number of carbonyl (C=O) groups is 1. The highest BCUT2D eigenvalue weighted by atomic mass is 19.1. The van der Waals surface area contributed by atoms with Crippen LogP contribution < -0.4 is 10.2 Å². The zero-order valence-corrected chi connectivity index (χ0v) is 14.4. The Kier molecular flexibility index (Phi) is 5.53. The fraction of sp³-hybridized carbons (Fsp3) is 0.150. The maximum Gasteiger partial charge on any atom is 0.255 e. The van der Waals surface area contributed by atoms with Gasteiger partial charge in [0.25, 0.3) is 5.91 Å². The summed E-state index contributed by atoms with van der Waals surface area (Å²) in [5.41, 5.74) is 2.07. The van der Waals surface area contributed by atoms with Gasteiger partial charge in [-0.1, -0.05) is 6.07 Å². The van der Waals surface area contributed by atoms with E-state index in [1.54, 1.807) is 42.9 Å². The van der Waals surface area contributed by atoms with Gasteiger partial charge < -0.3 is 10.2 Å². The average molecular weight is 350 g/mol. The van der Waals surface area contributed by atoms with Crippen LogP contribution in [-0.2, 0) is 6.42 Å². The van der Waals surface area contributed by atoms with Crippen LogP contribution in [0, 0.1) is 5.82 Å². The lowest BCUT2D eigenvalue weighted by molar-refractivity contribution is 0.102. The topological polar surface area (TPSA) is 58.1 Å². The lowest BCUT2D eigenvalue weighted by atomic mass is 10.2. The Labute approximate surface area is 151 Å². The molecule has 26 heavy (non-hydrogen) atoms. The fourth-order valence-corrected chi connectivity index (χ4v) is 2.50. The zero-order valence-electron chi connectivity index (χ0n) is 14.4. The predicted octanol–water partition coefficient (Wildman–Crippen LogP) is 3.55. The van der Waals surface area contributed by atoms with Crippen molar-refractivity contribution in [3.63, 3.8) is 0 Å². The van der Waals surface area contributed by atoms with Gasteiger partial charge in [0.05, 0.1) is 0 Å². The summed E-state index contributed by atoms with van der Waals surface area (Å²) >= 11 is 0. The van der Waals surface area contributed by atoms with E-state index in [9.17, 15) is 9.18 Å². The van der Waals surface area contributed by atoms with Crippen LogP contribution in [0.15, 0.2) is 67.1 Å². The zero-order chi connectivity index (χ0) is 18.4. The van der Waals surface area contributed by atoms with Crippen molar-refractivity contribution in [1.82, 2.24) is 9.97 Å². The van der Waals surface area contributed by atoms with Crippen molar-refractivity contribution < 1.29 is 9.18 Å². The van der Waals surface area contributed by atoms with Gasteiger partial charge in [0, 0.05) is 43.4 Å². The quantitative estimate of drug-likeness (QED) is 0.739. The molecule has 1 N–H and O–H groups in total. The van der Waals surface area contributed by atoms with E-state index in [0.29, 0.717) is 17.1 Å². The number of nitrogens with one attached hydrogen (secondary N) is 1. The molecule has 0 bridgehead atoms. The summed E-state index contributed by atoms with van der Waals surface area (Å²) in [7, 11) is 1.93. The third-order valence-corrected chi connectivity index (χ3v) is 3.97. The molecule has 0 fully saturated rings. The molecule has 1 aromatic carbocycles. The molecule has 2 heterocycles. The summed E-state index contributed by atoms with van der Waals surface area (Å²) in [4.78, 5) is 22.7. The summed E-state index contributed by atoms with van der Waals surface area (Å²) < 4.78 is 13.2. The van der Waals surface area contributed by atoms with E-state index in [2.05, 4.69) is 15.3 Å². The van der Waals surface area contributed by atoms with E-state index in [0.717, 1.165) is 13.0 Å². The fourth-order valence-electron chi connectivity index (χ4n) is 2.50. The Morgan fingerprint density at radius 2 is 1.92 bits per heavy atom. The van der Waals surface area contributed by atoms with Crippen LogP contribution in [0.25, 0.3) is 0 Å². The summed E-state index contributed by atoms with van der Waals surface area (Å²) in [5, 5.41) is 2.69. The Hall–Kier alpha value is -3.28. The van der Waals surface area contributed by atoms with Gasteiger partial charge >= 0.3 is 0 Å². The highest BCUT2D eigenvalue weighted by Gasteiger charge is 2.10. The minimum atomic E-state index is -0.394. The van der Waals surface area contributed by atoms with Crippen LogP contribution in [0.5, 0.6) is 0 Å². The molecule has 132 valence electrons. The van der Waals surface area contributed by atoms with Gasteiger partial charge in [-0.15, -0.1) is 0 Å². The number of nitrogens with zero attached hydrogens (tertiary/aromatic N) is 3. The first kappa shape index (κ1) is 17.5. The summed E-state index contributed by atoms with van der Waals surface area (Å²) in [5.74, 6) is 0.00166. The second-order valence-electron chi connectivity index (χ2n) is 5.89. The highest BCUT2D eigenvalue weighted by Crippen LogP contribution is 2.15. The molecular weight excluding hydrogens is 331 g/mol. The lowest BCUT2D eigenvalue weighted by Gasteiger charge is -2.18. The first-order valence-corrected chi connectivity index (χ1v) is 8.25. The smallest absolute Gasteiger partial charge is 0.255 e. The number of hydrogen-bond donors (Lipinski definition) is 1. The molecule has 0 unspecified atom stereocenters. The maximum atomic E-state index is 13.2. The van der Waals surface area contributed by atoms with E-state index in [1.807, 2.05) is 24.1 Å². The number of carbonyl (C=O) groups excluding carboxylic acids is 1. The van der Waals surface area contributed by atoms with Crippen molar-refractivity contribution in [2.45, 2.75) is 6.42 Å². The molecule has 2 aromatic heterocycles. The van der Waals surface area contributed by atoms with Crippen LogP contribution in [0.1, 0.15) is 15.9 Å². The van der Waals surface area contributed by atoms with Crippen molar-refractivity contribution in [3.8, 4) is 0 Å². The molecular formula is C20H19FN4O. The number of amides is 1. The van der Waals surface area contributed by atoms with Gasteiger partial charge in [-0.25, -0.2) is 9.37 Å². The van der Waals surface area contributed by atoms with Gasteiger partial charge in [-0.05, 0) is 54.4 Å². The molecule has 0 radical (unpaired) electrons. The van der Waals surface area contributed by atoms with E-state index in [4.69, 9.17) is 0 Å². The molecule has 0 aliphatic rings. The van der Waals surface area contributed by atoms with Crippen molar-refractivity contribution >= 4 is 17.4 Å². The molecule has 0 spiro atoms. The number of hydrogen-bond acceptors (Lipinski definition) is 4. The molecule has 0 atom stereocenters. The average Bonchev–Trinajstić information content (AvgIpc) is 2.67. The Balaban J connectivity index is 1.66. The Morgan fingerprint density at radius 1 is 1.12 bits per heavy atom. The minimum Gasteiger partial charge on any atom is -0.359 e. The summed E-state index contributed by atoms with van der Waals surface area (Å²) in [6.07, 6.45) is 5.98. The van der Waals surface area contributed by atoms with E-state index >= 15 is 0 Å². The molecule has 3 rings (SSSR count). The monoisotopic (exact) mass is 350 g/mol. The van der Waals surface area contributed by atoms with Crippen LogP contribution >= 0.6 is 0 Å². The largest absolute Gasteiger partial charge is 0.359 e. The Morgan fingerprint density at radius 3 is 2.69 bits per heavy atom. The van der Waals surface area contributed by atoms with Gasteiger partial charge in [-0.3, -0.25) is 9.78 Å². The number of pyridine rings is 2. The van der Waals surface area contributed by atoms with Crippen molar-refractivity contribution in [1.29, 1.82) is 0 Å². The van der Waals surface area contributed by atoms with E-state index in [-0.39, 0.29) is 5.91 Å². The van der Waals surface area contributed by atoms with Gasteiger partial charge in [-0.2, -0.15) is 0 Å². The molecule has 0 aliphatic heterocycles. The molecule has 0 saturated heterocycles. The third-order valence-electron chi connectivity index (χ3n) is 3.97. The normalized spacial score (nSPS) is 10.4. The molecule has 1 amide bonds. The van der Waals surface area contributed by atoms with Gasteiger partial charge in [0.2, 0.25) is 0 Å². The lowest BCUT2D eigenvalue weighted by Crippen LogP contribution is -2.22. The second kappa shape index (κ2) is 8.20. The Bertz CT molecular complexity index is 886. The third kappa shape index (κ3) is 4.63. The maximum absolute atomic E-state index is 13.2. The van der Waals surface area contributed by atoms with Crippen LogP contribution in [-0.4, -0.2) is 29.5 Å². The molecule has 3 aromatic rings. The first-order valence-electron chi connectivity index (χ1n) is 8.25. The van der Waals surface area contributed by atoms with E-state index in [1.165, 1.54) is 17.7 Å². The minimum absolute atomic E-state index is 0.304. The number of benzene rings is 1. The standard InChI is InChI=1S/C20H19FN4O/c1-25(12-8-15-5-9-22-10-6-15)19-13-16(7-11-23-19)20(26)24-18-4-2-3-17(21)14-18/h2-7,9-11,13-14H,8,12H2,1H3,(H,24,26). The molecule has 0 aliphatic carbocycles. The number of halogens is 1. The SMILES string of the molecule is CN(CCc1ccncc1)c1cc(C(=O)Nc2cccc(F)c2)ccn1. The van der Waals surface area contributed by atoms with Crippen LogP contribution in [0.3, 0.4) is 0 Å². The molecule has 5 nitrogen and oxygen atoms in total. The molecule has 6 heteroatoms.